The van der Waals surface area contributed by atoms with E-state index < -0.39 is 0 Å². The molecule has 0 bridgehead atoms. The summed E-state index contributed by atoms with van der Waals surface area (Å²) in [5.74, 6) is 0. The molecule has 2 aromatic carbocycles. The van der Waals surface area contributed by atoms with Crippen LogP contribution in [0.3, 0.4) is 0 Å². The van der Waals surface area contributed by atoms with Crippen molar-refractivity contribution in [2.75, 3.05) is 5.32 Å². The lowest BCUT2D eigenvalue weighted by Gasteiger charge is -2.04. The molecule has 3 rings (SSSR count). The number of hydrogen-bond donors (Lipinski definition) is 1. The Labute approximate surface area is 172 Å². The summed E-state index contributed by atoms with van der Waals surface area (Å²) < 4.78 is 1.03. The topological polar surface area (TPSA) is 48.7 Å². The Kier molecular flexibility index (Phi) is 6.80. The number of aryl methyl sites for hydroxylation is 1. The largest absolute Gasteiger partial charge is 0.360 e. The van der Waals surface area contributed by atoms with Gasteiger partial charge in [0.25, 0.3) is 0 Å². The van der Waals surface area contributed by atoms with Crippen molar-refractivity contribution in [2.24, 2.45) is 0 Å². The smallest absolute Gasteiger partial charge is 0.136 e. The van der Waals surface area contributed by atoms with E-state index in [1.165, 1.54) is 29.7 Å². The molecule has 27 heavy (non-hydrogen) atoms. The number of rotatable bonds is 7. The predicted octanol–water partition coefficient (Wildman–Crippen LogP) is 6.89. The molecule has 0 radical (unpaired) electrons. The molecular formula is C22H20BrN3S. The first-order valence-corrected chi connectivity index (χ1v) is 10.5. The number of nitrogens with zero attached hydrogens (tertiary/aromatic N) is 2. The minimum atomic E-state index is 0.526. The SMILES string of the molecule is CCCCc1ccc(N/C=C(\C#N)c2nc(-c3ccc(Br)cc3)cs2)cc1. The average Bonchev–Trinajstić information content (AvgIpc) is 3.18. The quantitative estimate of drug-likeness (QED) is 0.409. The molecule has 3 aromatic rings. The zero-order chi connectivity index (χ0) is 19.1. The third-order valence-electron chi connectivity index (χ3n) is 4.15. The molecule has 0 spiro atoms. The van der Waals surface area contributed by atoms with E-state index in [4.69, 9.17) is 0 Å². The van der Waals surface area contributed by atoms with Crippen LogP contribution in [0.15, 0.2) is 64.6 Å². The van der Waals surface area contributed by atoms with Crippen molar-refractivity contribution in [3.63, 3.8) is 0 Å². The monoisotopic (exact) mass is 437 g/mol. The maximum atomic E-state index is 9.52. The Balaban J connectivity index is 1.71. The van der Waals surface area contributed by atoms with Crippen LogP contribution in [0.4, 0.5) is 5.69 Å². The van der Waals surface area contributed by atoms with E-state index in [1.54, 1.807) is 6.20 Å². The molecule has 0 fully saturated rings. The molecule has 0 aliphatic carbocycles. The first-order valence-electron chi connectivity index (χ1n) is 8.87. The molecule has 0 unspecified atom stereocenters. The van der Waals surface area contributed by atoms with Crippen molar-refractivity contribution in [1.29, 1.82) is 5.26 Å². The highest BCUT2D eigenvalue weighted by Crippen LogP contribution is 2.27. The van der Waals surface area contributed by atoms with Crippen LogP contribution in [0.5, 0.6) is 0 Å². The van der Waals surface area contributed by atoms with Gasteiger partial charge in [-0.15, -0.1) is 11.3 Å². The van der Waals surface area contributed by atoms with E-state index in [0.29, 0.717) is 10.6 Å². The number of hydrogen-bond acceptors (Lipinski definition) is 4. The van der Waals surface area contributed by atoms with Crippen LogP contribution in [-0.2, 0) is 6.42 Å². The predicted molar refractivity (Wildman–Crippen MR) is 118 cm³/mol. The number of allylic oxidation sites excluding steroid dienone is 1. The Morgan fingerprint density at radius 2 is 1.93 bits per heavy atom. The molecule has 3 nitrogen and oxygen atoms in total. The fraction of sp³-hybridized carbons (Fsp3) is 0.182. The summed E-state index contributed by atoms with van der Waals surface area (Å²) in [5, 5.41) is 15.4. The van der Waals surface area contributed by atoms with Gasteiger partial charge in [-0.2, -0.15) is 5.26 Å². The van der Waals surface area contributed by atoms with Gasteiger partial charge in [0.05, 0.1) is 5.69 Å². The van der Waals surface area contributed by atoms with Gasteiger partial charge in [0, 0.05) is 27.3 Å². The first kappa shape index (κ1) is 19.3. The van der Waals surface area contributed by atoms with Gasteiger partial charge in [-0.3, -0.25) is 0 Å². The Hall–Kier alpha value is -2.42. The fourth-order valence-corrected chi connectivity index (χ4v) is 3.66. The summed E-state index contributed by atoms with van der Waals surface area (Å²) in [7, 11) is 0. The van der Waals surface area contributed by atoms with Crippen LogP contribution in [-0.4, -0.2) is 4.98 Å². The number of halogens is 1. The lowest BCUT2D eigenvalue weighted by molar-refractivity contribution is 0.795. The highest BCUT2D eigenvalue weighted by molar-refractivity contribution is 9.10. The summed E-state index contributed by atoms with van der Waals surface area (Å²) in [5.41, 5.74) is 4.75. The minimum Gasteiger partial charge on any atom is -0.360 e. The molecule has 1 N–H and O–H groups in total. The van der Waals surface area contributed by atoms with Crippen LogP contribution in [0.2, 0.25) is 0 Å². The fourth-order valence-electron chi connectivity index (χ4n) is 2.60. The summed E-state index contributed by atoms with van der Waals surface area (Å²) in [4.78, 5) is 4.61. The van der Waals surface area contributed by atoms with Gasteiger partial charge in [-0.1, -0.05) is 53.5 Å². The van der Waals surface area contributed by atoms with E-state index in [1.807, 2.05) is 41.8 Å². The van der Waals surface area contributed by atoms with E-state index in [-0.39, 0.29) is 0 Å². The van der Waals surface area contributed by atoms with Crippen LogP contribution >= 0.6 is 27.3 Å². The molecule has 0 saturated carbocycles. The zero-order valence-corrected chi connectivity index (χ0v) is 17.5. The summed E-state index contributed by atoms with van der Waals surface area (Å²) >= 11 is 4.91. The molecule has 0 saturated heterocycles. The summed E-state index contributed by atoms with van der Waals surface area (Å²) in [6, 6.07) is 18.6. The third-order valence-corrected chi connectivity index (χ3v) is 5.56. The second kappa shape index (κ2) is 9.50. The van der Waals surface area contributed by atoms with Crippen molar-refractivity contribution >= 4 is 38.5 Å². The van der Waals surface area contributed by atoms with E-state index in [2.05, 4.69) is 51.4 Å². The molecular weight excluding hydrogens is 418 g/mol. The molecule has 1 heterocycles. The maximum absolute atomic E-state index is 9.52. The number of anilines is 1. The van der Waals surface area contributed by atoms with Gasteiger partial charge in [0.1, 0.15) is 16.6 Å². The average molecular weight is 438 g/mol. The lowest BCUT2D eigenvalue weighted by atomic mass is 10.1. The van der Waals surface area contributed by atoms with E-state index >= 15 is 0 Å². The molecule has 0 amide bonds. The van der Waals surface area contributed by atoms with Crippen molar-refractivity contribution in [3.05, 3.63) is 75.2 Å². The second-order valence-corrected chi connectivity index (χ2v) is 7.93. The van der Waals surface area contributed by atoms with Gasteiger partial charge >= 0.3 is 0 Å². The number of nitriles is 1. The summed E-state index contributed by atoms with van der Waals surface area (Å²) in [6.07, 6.45) is 5.24. The third kappa shape index (κ3) is 5.29. The number of nitrogens with one attached hydrogen (secondary N) is 1. The maximum Gasteiger partial charge on any atom is 0.136 e. The second-order valence-electron chi connectivity index (χ2n) is 6.16. The highest BCUT2D eigenvalue weighted by Gasteiger charge is 2.09. The minimum absolute atomic E-state index is 0.526. The van der Waals surface area contributed by atoms with E-state index in [9.17, 15) is 5.26 Å². The molecule has 0 atom stereocenters. The van der Waals surface area contributed by atoms with Gasteiger partial charge in [0.15, 0.2) is 0 Å². The van der Waals surface area contributed by atoms with Crippen molar-refractivity contribution in [1.82, 2.24) is 4.98 Å². The van der Waals surface area contributed by atoms with Crippen molar-refractivity contribution < 1.29 is 0 Å². The number of aromatic nitrogens is 1. The lowest BCUT2D eigenvalue weighted by Crippen LogP contribution is -1.92. The van der Waals surface area contributed by atoms with Crippen LogP contribution in [0.25, 0.3) is 16.8 Å². The molecule has 0 aliphatic heterocycles. The Morgan fingerprint density at radius 1 is 1.19 bits per heavy atom. The van der Waals surface area contributed by atoms with Crippen LogP contribution < -0.4 is 5.32 Å². The Morgan fingerprint density at radius 3 is 2.59 bits per heavy atom. The number of thiazole rings is 1. The van der Waals surface area contributed by atoms with Gasteiger partial charge in [-0.25, -0.2) is 4.98 Å². The number of unbranched alkanes of at least 4 members (excludes halogenated alkanes) is 1. The van der Waals surface area contributed by atoms with Crippen molar-refractivity contribution in [3.8, 4) is 17.3 Å². The molecule has 136 valence electrons. The Bertz CT molecular complexity index is 950. The zero-order valence-electron chi connectivity index (χ0n) is 15.1. The molecule has 5 heteroatoms. The molecule has 1 aromatic heterocycles. The first-order chi connectivity index (χ1) is 13.2. The highest BCUT2D eigenvalue weighted by atomic mass is 79.9. The van der Waals surface area contributed by atoms with Crippen LogP contribution in [0, 0.1) is 11.3 Å². The van der Waals surface area contributed by atoms with Crippen LogP contribution in [0.1, 0.15) is 30.3 Å². The standard InChI is InChI=1S/C22H20BrN3S/c1-2-3-4-16-5-11-20(12-6-16)25-14-18(13-24)22-26-21(15-27-22)17-7-9-19(23)10-8-17/h5-12,14-15,25H,2-4H2,1H3/b18-14+. The van der Waals surface area contributed by atoms with Gasteiger partial charge in [-0.05, 0) is 42.7 Å². The normalized spacial score (nSPS) is 11.2. The van der Waals surface area contributed by atoms with E-state index in [0.717, 1.165) is 27.8 Å². The number of benzene rings is 2. The van der Waals surface area contributed by atoms with Gasteiger partial charge < -0.3 is 5.32 Å². The van der Waals surface area contributed by atoms with Gasteiger partial charge in [0.2, 0.25) is 0 Å². The molecule has 0 aliphatic rings. The summed E-state index contributed by atoms with van der Waals surface area (Å²) in [6.45, 7) is 2.20. The van der Waals surface area contributed by atoms with Crippen molar-refractivity contribution in [2.45, 2.75) is 26.2 Å².